The van der Waals surface area contributed by atoms with Gasteiger partial charge in [-0.25, -0.2) is 0 Å². The Morgan fingerprint density at radius 1 is 2.00 bits per heavy atom. The summed E-state index contributed by atoms with van der Waals surface area (Å²) in [6.07, 6.45) is 3.71. The second-order valence-electron chi connectivity index (χ2n) is 1.11. The van der Waals surface area contributed by atoms with Crippen molar-refractivity contribution in [1.29, 1.82) is 0 Å². The highest BCUT2D eigenvalue weighted by Gasteiger charge is 2.05. The van der Waals surface area contributed by atoms with Gasteiger partial charge in [0.25, 0.3) is 6.41 Å². The van der Waals surface area contributed by atoms with Crippen molar-refractivity contribution >= 4 is 0 Å². The van der Waals surface area contributed by atoms with E-state index in [9.17, 15) is 0 Å². The van der Waals surface area contributed by atoms with Gasteiger partial charge in [-0.1, -0.05) is 0 Å². The van der Waals surface area contributed by atoms with Gasteiger partial charge in [0.2, 0.25) is 0 Å². The van der Waals surface area contributed by atoms with Crippen LogP contribution in [-0.4, -0.2) is 13.5 Å². The van der Waals surface area contributed by atoms with Crippen LogP contribution in [0.4, 0.5) is 0 Å². The summed E-state index contributed by atoms with van der Waals surface area (Å²) >= 11 is 0. The molecule has 0 saturated heterocycles. The van der Waals surface area contributed by atoms with E-state index in [0.717, 1.165) is 0 Å². The zero-order valence-corrected chi connectivity index (χ0v) is 3.97. The fourth-order valence-electron chi connectivity index (χ4n) is 0.348. The van der Waals surface area contributed by atoms with E-state index in [1.54, 1.807) is 13.3 Å². The maximum Gasteiger partial charge on any atom is 0.281 e. The zero-order valence-electron chi connectivity index (χ0n) is 3.97. The Kier molecular flexibility index (Phi) is 1.17. The number of hydrogen-bond acceptors (Lipinski definition) is 3. The highest BCUT2D eigenvalue weighted by molar-refractivity contribution is 4.69. The van der Waals surface area contributed by atoms with E-state index in [-0.39, 0.29) is 6.41 Å². The Morgan fingerprint density at radius 3 is 3.14 bits per heavy atom. The molecule has 1 N–H and O–H groups in total. The predicted molar refractivity (Wildman–Crippen MR) is 22.8 cm³/mol. The maximum atomic E-state index is 4.68. The van der Waals surface area contributed by atoms with Crippen molar-refractivity contribution in [1.82, 2.24) is 5.32 Å². The molecular formula is C4H6NO2. The molecule has 0 aromatic carbocycles. The van der Waals surface area contributed by atoms with E-state index in [1.165, 1.54) is 0 Å². The fraction of sp³-hybridized carbons (Fsp3) is 0.500. The van der Waals surface area contributed by atoms with Crippen molar-refractivity contribution in [2.75, 3.05) is 7.11 Å². The molecule has 1 radical (unpaired) electrons. The number of hydrogen-bond donors (Lipinski definition) is 1. The van der Waals surface area contributed by atoms with Crippen molar-refractivity contribution in [2.24, 2.45) is 0 Å². The van der Waals surface area contributed by atoms with Crippen LogP contribution >= 0.6 is 0 Å². The summed E-state index contributed by atoms with van der Waals surface area (Å²) in [5.74, 6) is 0. The molecule has 0 fully saturated rings. The first-order chi connectivity index (χ1) is 3.43. The summed E-state index contributed by atoms with van der Waals surface area (Å²) < 4.78 is 9.35. The van der Waals surface area contributed by atoms with Gasteiger partial charge in [-0.2, -0.15) is 0 Å². The summed E-state index contributed by atoms with van der Waals surface area (Å²) in [7, 11) is 1.55. The molecule has 0 aliphatic carbocycles. The van der Waals surface area contributed by atoms with Crippen LogP contribution in [0.25, 0.3) is 0 Å². The van der Waals surface area contributed by atoms with E-state index in [2.05, 4.69) is 21.1 Å². The topological polar surface area (TPSA) is 30.5 Å². The minimum Gasteiger partial charge on any atom is -0.441 e. The molecule has 1 aliphatic heterocycles. The first kappa shape index (κ1) is 4.46. The highest BCUT2D eigenvalue weighted by atomic mass is 16.7. The molecule has 1 rings (SSSR count). The third-order valence-electron chi connectivity index (χ3n) is 0.667. The smallest absolute Gasteiger partial charge is 0.281 e. The summed E-state index contributed by atoms with van der Waals surface area (Å²) in [5.41, 5.74) is 0. The van der Waals surface area contributed by atoms with Crippen LogP contribution in [0.1, 0.15) is 0 Å². The van der Waals surface area contributed by atoms with Crippen LogP contribution in [0, 0.1) is 6.26 Å². The van der Waals surface area contributed by atoms with Crippen LogP contribution < -0.4 is 5.32 Å². The number of rotatable bonds is 1. The van der Waals surface area contributed by atoms with Crippen molar-refractivity contribution in [3.63, 3.8) is 0 Å². The Bertz CT molecular complexity index is 73.8. The summed E-state index contributed by atoms with van der Waals surface area (Å²) in [6.45, 7) is 0. The van der Waals surface area contributed by atoms with Gasteiger partial charge in [-0.05, 0) is 0 Å². The summed E-state index contributed by atoms with van der Waals surface area (Å²) in [4.78, 5) is 0. The van der Waals surface area contributed by atoms with E-state index in [1.807, 2.05) is 0 Å². The lowest BCUT2D eigenvalue weighted by Gasteiger charge is -2.05. The molecule has 1 atom stereocenters. The molecule has 0 bridgehead atoms. The van der Waals surface area contributed by atoms with Gasteiger partial charge in [0.15, 0.2) is 6.26 Å². The summed E-state index contributed by atoms with van der Waals surface area (Å²) in [5, 5.41) is 2.73. The standard InChI is InChI=1S/C4H6NO2/c1-6-4-5-2-3-7-4/h2,4-5H,1H3. The molecule has 0 aromatic heterocycles. The third kappa shape index (κ3) is 0.838. The molecule has 0 saturated carbocycles. The zero-order chi connectivity index (χ0) is 5.11. The van der Waals surface area contributed by atoms with Crippen molar-refractivity contribution in [3.8, 4) is 0 Å². The maximum absolute atomic E-state index is 4.68. The van der Waals surface area contributed by atoms with Gasteiger partial charge >= 0.3 is 0 Å². The lowest BCUT2D eigenvalue weighted by atomic mass is 11.0. The summed E-state index contributed by atoms with van der Waals surface area (Å²) in [6, 6.07) is 0. The Morgan fingerprint density at radius 2 is 2.86 bits per heavy atom. The van der Waals surface area contributed by atoms with Gasteiger partial charge in [0.05, 0.1) is 0 Å². The largest absolute Gasteiger partial charge is 0.441 e. The molecule has 0 aromatic rings. The third-order valence-corrected chi connectivity index (χ3v) is 0.667. The van der Waals surface area contributed by atoms with Crippen molar-refractivity contribution in [3.05, 3.63) is 12.5 Å². The first-order valence-electron chi connectivity index (χ1n) is 1.95. The van der Waals surface area contributed by atoms with Crippen LogP contribution in [0.3, 0.4) is 0 Å². The molecular weight excluding hydrogens is 94.0 g/mol. The lowest BCUT2D eigenvalue weighted by molar-refractivity contribution is -0.0871. The number of nitrogens with one attached hydrogen (secondary N) is 1. The first-order valence-corrected chi connectivity index (χ1v) is 1.95. The molecule has 0 spiro atoms. The van der Waals surface area contributed by atoms with Crippen LogP contribution in [0.5, 0.6) is 0 Å². The number of methoxy groups -OCH3 is 1. The van der Waals surface area contributed by atoms with Gasteiger partial charge < -0.3 is 14.8 Å². The van der Waals surface area contributed by atoms with E-state index < -0.39 is 0 Å². The van der Waals surface area contributed by atoms with Crippen molar-refractivity contribution in [2.45, 2.75) is 6.41 Å². The molecule has 7 heavy (non-hydrogen) atoms. The van der Waals surface area contributed by atoms with E-state index in [0.29, 0.717) is 0 Å². The van der Waals surface area contributed by atoms with E-state index >= 15 is 0 Å². The molecule has 1 heterocycles. The highest BCUT2D eigenvalue weighted by Crippen LogP contribution is 1.93. The Hall–Kier alpha value is -0.700. The van der Waals surface area contributed by atoms with Gasteiger partial charge in [0.1, 0.15) is 0 Å². The van der Waals surface area contributed by atoms with E-state index in [4.69, 9.17) is 0 Å². The molecule has 0 amide bonds. The van der Waals surface area contributed by atoms with Crippen molar-refractivity contribution < 1.29 is 9.47 Å². The second kappa shape index (κ2) is 1.84. The normalized spacial score (nSPS) is 26.7. The predicted octanol–water partition coefficient (Wildman–Crippen LogP) is -0.189. The molecule has 1 unspecified atom stereocenters. The molecule has 3 heteroatoms. The molecule has 1 aliphatic rings. The SMILES string of the molecule is COC1NC=[C]O1. The monoisotopic (exact) mass is 100 g/mol. The van der Waals surface area contributed by atoms with Gasteiger partial charge in [-0.3, -0.25) is 0 Å². The quantitative estimate of drug-likeness (QED) is 0.495. The fourth-order valence-corrected chi connectivity index (χ4v) is 0.348. The van der Waals surface area contributed by atoms with Crippen LogP contribution in [0.2, 0.25) is 0 Å². The number of ether oxygens (including phenoxy) is 2. The van der Waals surface area contributed by atoms with Crippen LogP contribution in [-0.2, 0) is 9.47 Å². The van der Waals surface area contributed by atoms with Crippen LogP contribution in [0.15, 0.2) is 6.20 Å². The molecule has 39 valence electrons. The minimum absolute atomic E-state index is 0.319. The Labute approximate surface area is 41.9 Å². The van der Waals surface area contributed by atoms with Gasteiger partial charge in [0, 0.05) is 13.3 Å². The average Bonchev–Trinajstić information content (AvgIpc) is 2.14. The minimum atomic E-state index is -0.319. The lowest BCUT2D eigenvalue weighted by Crippen LogP contribution is -2.22. The second-order valence-corrected chi connectivity index (χ2v) is 1.11. The Balaban J connectivity index is 2.22. The average molecular weight is 100 g/mol. The molecule has 3 nitrogen and oxygen atoms in total. The van der Waals surface area contributed by atoms with Gasteiger partial charge in [-0.15, -0.1) is 0 Å².